The van der Waals surface area contributed by atoms with E-state index in [0.29, 0.717) is 6.54 Å². The topological polar surface area (TPSA) is 67.2 Å². The van der Waals surface area contributed by atoms with Crippen LogP contribution in [0.4, 0.5) is 0 Å². The van der Waals surface area contributed by atoms with Gasteiger partial charge in [0.15, 0.2) is 0 Å². The molecule has 1 aromatic rings. The van der Waals surface area contributed by atoms with Crippen molar-refractivity contribution in [3.63, 3.8) is 0 Å². The van der Waals surface area contributed by atoms with Crippen LogP contribution in [0.2, 0.25) is 5.15 Å². The molecule has 17 heavy (non-hydrogen) atoms. The Kier molecular flexibility index (Phi) is 4.54. The van der Waals surface area contributed by atoms with Crippen molar-refractivity contribution in [2.45, 2.75) is 18.0 Å². The van der Waals surface area contributed by atoms with Crippen molar-refractivity contribution in [3.05, 3.63) is 11.5 Å². The summed E-state index contributed by atoms with van der Waals surface area (Å²) in [6.07, 6.45) is 1.37. The lowest BCUT2D eigenvalue weighted by molar-refractivity contribution is 0.314. The van der Waals surface area contributed by atoms with Crippen LogP contribution in [0.5, 0.6) is 0 Å². The lowest BCUT2D eigenvalue weighted by atomic mass is 10.3. The molecule has 0 amide bonds. The van der Waals surface area contributed by atoms with Gasteiger partial charge in [0.2, 0.25) is 5.03 Å². The Balaban J connectivity index is 2.80. The van der Waals surface area contributed by atoms with Crippen molar-refractivity contribution in [3.8, 4) is 0 Å². The first kappa shape index (κ1) is 14.4. The molecule has 0 radical (unpaired) electrons. The first-order valence-electron chi connectivity index (χ1n) is 5.08. The Bertz CT molecular complexity index is 483. The third kappa shape index (κ3) is 3.41. The van der Waals surface area contributed by atoms with Gasteiger partial charge in [0.1, 0.15) is 5.15 Å². The van der Waals surface area contributed by atoms with Crippen molar-refractivity contribution < 1.29 is 8.42 Å². The van der Waals surface area contributed by atoms with Crippen LogP contribution in [0.3, 0.4) is 0 Å². The molecule has 1 aromatic heterocycles. The number of sulfonamides is 1. The Morgan fingerprint density at radius 1 is 1.59 bits per heavy atom. The molecule has 0 fully saturated rings. The van der Waals surface area contributed by atoms with Crippen molar-refractivity contribution in [1.29, 1.82) is 0 Å². The zero-order valence-electron chi connectivity index (χ0n) is 10.3. The summed E-state index contributed by atoms with van der Waals surface area (Å²) in [7, 11) is 1.76. The zero-order valence-corrected chi connectivity index (χ0v) is 11.9. The Morgan fingerprint density at radius 3 is 2.59 bits per heavy atom. The number of hydrogen-bond donors (Lipinski definition) is 1. The quantitative estimate of drug-likeness (QED) is 0.843. The van der Waals surface area contributed by atoms with Gasteiger partial charge in [0, 0.05) is 19.6 Å². The lowest BCUT2D eigenvalue weighted by Crippen LogP contribution is -2.38. The highest BCUT2D eigenvalue weighted by Crippen LogP contribution is 2.18. The molecule has 0 aromatic carbocycles. The van der Waals surface area contributed by atoms with Crippen LogP contribution < -0.4 is 4.72 Å². The fraction of sp³-hybridized carbons (Fsp3) is 0.667. The molecule has 98 valence electrons. The minimum absolute atomic E-state index is 0.0901. The second-order valence-electron chi connectivity index (χ2n) is 4.12. The maximum absolute atomic E-state index is 11.9. The van der Waals surface area contributed by atoms with E-state index >= 15 is 0 Å². The van der Waals surface area contributed by atoms with E-state index in [1.165, 1.54) is 10.9 Å². The number of aromatic nitrogens is 2. The SMILES string of the molecule is CC(CNS(=O)(=O)c1ncn(C)c1Cl)N(C)C. The Morgan fingerprint density at radius 2 is 2.18 bits per heavy atom. The molecule has 1 atom stereocenters. The molecule has 0 bridgehead atoms. The molecule has 0 aliphatic rings. The predicted molar refractivity (Wildman–Crippen MR) is 66.6 cm³/mol. The van der Waals surface area contributed by atoms with Crippen LogP contribution >= 0.6 is 11.6 Å². The summed E-state index contributed by atoms with van der Waals surface area (Å²) in [5, 5.41) is -0.0253. The van der Waals surface area contributed by atoms with E-state index in [4.69, 9.17) is 11.6 Å². The summed E-state index contributed by atoms with van der Waals surface area (Å²) in [6.45, 7) is 2.23. The van der Waals surface area contributed by atoms with Crippen LogP contribution in [0.1, 0.15) is 6.92 Å². The van der Waals surface area contributed by atoms with E-state index in [0.717, 1.165) is 0 Å². The number of hydrogen-bond acceptors (Lipinski definition) is 4. The highest BCUT2D eigenvalue weighted by atomic mass is 35.5. The predicted octanol–water partition coefficient (Wildman–Crippen LogP) is 0.302. The Hall–Kier alpha value is -0.630. The number of rotatable bonds is 5. The van der Waals surface area contributed by atoms with Gasteiger partial charge < -0.3 is 9.47 Å². The van der Waals surface area contributed by atoms with Gasteiger partial charge in [-0.25, -0.2) is 18.1 Å². The molecule has 0 aliphatic carbocycles. The molecule has 8 heteroatoms. The maximum Gasteiger partial charge on any atom is 0.261 e. The van der Waals surface area contributed by atoms with Gasteiger partial charge in [-0.15, -0.1) is 0 Å². The molecule has 6 nitrogen and oxygen atoms in total. The molecular weight excluding hydrogens is 264 g/mol. The number of nitrogens with one attached hydrogen (secondary N) is 1. The van der Waals surface area contributed by atoms with Crippen LogP contribution in [0, 0.1) is 0 Å². The van der Waals surface area contributed by atoms with Crippen LogP contribution in [-0.2, 0) is 17.1 Å². The second kappa shape index (κ2) is 5.34. The third-order valence-corrected chi connectivity index (χ3v) is 4.45. The minimum Gasteiger partial charge on any atom is -0.324 e. The van der Waals surface area contributed by atoms with Crippen LogP contribution in [-0.4, -0.2) is 49.6 Å². The van der Waals surface area contributed by atoms with E-state index in [9.17, 15) is 8.42 Å². The maximum atomic E-state index is 11.9. The number of likely N-dealkylation sites (N-methyl/N-ethyl adjacent to an activating group) is 1. The number of aryl methyl sites for hydroxylation is 1. The Labute approximate surface area is 107 Å². The normalized spacial score (nSPS) is 14.2. The first-order valence-corrected chi connectivity index (χ1v) is 6.94. The van der Waals surface area contributed by atoms with E-state index in [1.807, 2.05) is 25.9 Å². The molecule has 1 N–H and O–H groups in total. The van der Waals surface area contributed by atoms with Gasteiger partial charge in [0.25, 0.3) is 10.0 Å². The van der Waals surface area contributed by atoms with Crippen molar-refractivity contribution in [2.75, 3.05) is 20.6 Å². The summed E-state index contributed by atoms with van der Waals surface area (Å²) < 4.78 is 27.7. The average Bonchev–Trinajstić information content (AvgIpc) is 2.56. The summed E-state index contributed by atoms with van der Waals surface area (Å²) >= 11 is 5.84. The van der Waals surface area contributed by atoms with Crippen molar-refractivity contribution >= 4 is 21.6 Å². The highest BCUT2D eigenvalue weighted by Gasteiger charge is 2.22. The molecule has 1 heterocycles. The molecule has 0 saturated heterocycles. The zero-order chi connectivity index (χ0) is 13.2. The molecule has 0 spiro atoms. The van der Waals surface area contributed by atoms with E-state index in [-0.39, 0.29) is 16.2 Å². The highest BCUT2D eigenvalue weighted by molar-refractivity contribution is 7.89. The number of halogens is 1. The standard InChI is InChI=1S/C9H17ClN4O2S/c1-7(13(2)3)5-12-17(15,16)9-8(10)14(4)6-11-9/h6-7,12H,5H2,1-4H3. The summed E-state index contributed by atoms with van der Waals surface area (Å²) in [5.41, 5.74) is 0. The smallest absolute Gasteiger partial charge is 0.261 e. The number of imidazole rings is 1. The van der Waals surface area contributed by atoms with Crippen LogP contribution in [0.15, 0.2) is 11.4 Å². The first-order chi connectivity index (χ1) is 7.75. The van der Waals surface area contributed by atoms with Gasteiger partial charge in [-0.3, -0.25) is 0 Å². The minimum atomic E-state index is -3.64. The average molecular weight is 281 g/mol. The second-order valence-corrected chi connectivity index (χ2v) is 6.16. The molecule has 1 rings (SSSR count). The summed E-state index contributed by atoms with van der Waals surface area (Å²) in [4.78, 5) is 5.70. The lowest BCUT2D eigenvalue weighted by Gasteiger charge is -2.19. The molecule has 1 unspecified atom stereocenters. The number of nitrogens with zero attached hydrogens (tertiary/aromatic N) is 3. The van der Waals surface area contributed by atoms with E-state index in [2.05, 4.69) is 9.71 Å². The monoisotopic (exact) mass is 280 g/mol. The van der Waals surface area contributed by atoms with E-state index < -0.39 is 10.0 Å². The molecule has 0 saturated carbocycles. The van der Waals surface area contributed by atoms with Crippen molar-refractivity contribution in [1.82, 2.24) is 19.2 Å². The third-order valence-electron chi connectivity index (χ3n) is 2.54. The largest absolute Gasteiger partial charge is 0.324 e. The van der Waals surface area contributed by atoms with Gasteiger partial charge >= 0.3 is 0 Å². The molecular formula is C9H17ClN4O2S. The summed E-state index contributed by atoms with van der Waals surface area (Å²) in [6, 6.07) is 0.0901. The van der Waals surface area contributed by atoms with Gasteiger partial charge in [-0.1, -0.05) is 11.6 Å². The van der Waals surface area contributed by atoms with Gasteiger partial charge in [-0.05, 0) is 21.0 Å². The fourth-order valence-corrected chi connectivity index (χ4v) is 2.60. The molecule has 0 aliphatic heterocycles. The van der Waals surface area contributed by atoms with Crippen LogP contribution in [0.25, 0.3) is 0 Å². The van der Waals surface area contributed by atoms with Gasteiger partial charge in [-0.2, -0.15) is 0 Å². The van der Waals surface area contributed by atoms with E-state index in [1.54, 1.807) is 7.05 Å². The fourth-order valence-electron chi connectivity index (χ4n) is 1.06. The van der Waals surface area contributed by atoms with Crippen molar-refractivity contribution in [2.24, 2.45) is 7.05 Å². The summed E-state index contributed by atoms with van der Waals surface area (Å²) in [5.74, 6) is 0. The van der Waals surface area contributed by atoms with Gasteiger partial charge in [0.05, 0.1) is 6.33 Å².